The Balaban J connectivity index is 2.86. The molecule has 1 rings (SSSR count). The zero-order valence-corrected chi connectivity index (χ0v) is 13.6. The first-order valence-corrected chi connectivity index (χ1v) is 7.71. The van der Waals surface area contributed by atoms with Crippen LogP contribution in [0.1, 0.15) is 56.1 Å². The minimum Gasteiger partial charge on any atom is -0.144 e. The Morgan fingerprint density at radius 2 is 1.69 bits per heavy atom. The molecule has 0 aliphatic heterocycles. The topological polar surface area (TPSA) is 0 Å². The average molecular weight is 303 g/mol. The maximum absolute atomic E-state index is 3.84. The summed E-state index contributed by atoms with van der Waals surface area (Å²) < 4.78 is 0. The summed E-state index contributed by atoms with van der Waals surface area (Å²) in [6, 6.07) is 4.56. The van der Waals surface area contributed by atoms with E-state index < -0.39 is 0 Å². The SMILES string of the molecule is CC(C)C(C)C(Br)c1ccc(C(C)(C)C)s1. The van der Waals surface area contributed by atoms with Crippen LogP contribution >= 0.6 is 27.3 Å². The molecule has 0 aliphatic carbocycles. The van der Waals surface area contributed by atoms with Crippen LogP contribution in [0, 0.1) is 11.8 Å². The quantitative estimate of drug-likeness (QED) is 0.621. The van der Waals surface area contributed by atoms with Crippen LogP contribution in [0.5, 0.6) is 0 Å². The Kier molecular flexibility index (Phi) is 4.65. The lowest BCUT2D eigenvalue weighted by Gasteiger charge is -2.21. The molecule has 0 aliphatic rings. The maximum Gasteiger partial charge on any atom is 0.0517 e. The zero-order valence-electron chi connectivity index (χ0n) is 11.2. The average Bonchev–Trinajstić information content (AvgIpc) is 2.63. The molecule has 2 atom stereocenters. The molecular formula is C14H23BrS. The highest BCUT2D eigenvalue weighted by atomic mass is 79.9. The molecule has 0 aromatic carbocycles. The number of hydrogen-bond donors (Lipinski definition) is 0. The Bertz CT molecular complexity index is 333. The van der Waals surface area contributed by atoms with Crippen LogP contribution in [0.3, 0.4) is 0 Å². The molecule has 0 N–H and O–H groups in total. The third-order valence-electron chi connectivity index (χ3n) is 3.15. The first kappa shape index (κ1) is 14.2. The van der Waals surface area contributed by atoms with E-state index in [9.17, 15) is 0 Å². The second kappa shape index (κ2) is 5.22. The summed E-state index contributed by atoms with van der Waals surface area (Å²) in [6.45, 7) is 13.7. The van der Waals surface area contributed by atoms with Crippen LogP contribution in [-0.4, -0.2) is 0 Å². The third kappa shape index (κ3) is 3.33. The van der Waals surface area contributed by atoms with Crippen molar-refractivity contribution in [3.05, 3.63) is 21.9 Å². The zero-order chi connectivity index (χ0) is 12.5. The Morgan fingerprint density at radius 3 is 2.06 bits per heavy atom. The molecule has 0 fully saturated rings. The maximum atomic E-state index is 3.84. The fourth-order valence-corrected chi connectivity index (χ4v) is 3.70. The van der Waals surface area contributed by atoms with Crippen LogP contribution in [-0.2, 0) is 5.41 Å². The second-order valence-corrected chi connectivity index (χ2v) is 8.06. The van der Waals surface area contributed by atoms with E-state index in [0.717, 1.165) is 0 Å². The molecule has 16 heavy (non-hydrogen) atoms. The summed E-state index contributed by atoms with van der Waals surface area (Å²) in [4.78, 5) is 3.43. The van der Waals surface area contributed by atoms with E-state index in [4.69, 9.17) is 0 Å². The van der Waals surface area contributed by atoms with Crippen LogP contribution in [0.4, 0.5) is 0 Å². The van der Waals surface area contributed by atoms with Crippen molar-refractivity contribution in [3.63, 3.8) is 0 Å². The molecule has 2 heteroatoms. The molecule has 1 aromatic heterocycles. The number of alkyl halides is 1. The molecule has 0 nitrogen and oxygen atoms in total. The van der Waals surface area contributed by atoms with E-state index in [0.29, 0.717) is 16.7 Å². The van der Waals surface area contributed by atoms with Gasteiger partial charge in [-0.05, 0) is 29.4 Å². The molecule has 2 unspecified atom stereocenters. The van der Waals surface area contributed by atoms with Gasteiger partial charge in [0.2, 0.25) is 0 Å². The molecule has 0 spiro atoms. The lowest BCUT2D eigenvalue weighted by molar-refractivity contribution is 0.417. The van der Waals surface area contributed by atoms with Gasteiger partial charge in [-0.15, -0.1) is 11.3 Å². The Labute approximate surface area is 113 Å². The molecular weight excluding hydrogens is 280 g/mol. The molecule has 1 heterocycles. The van der Waals surface area contributed by atoms with Gasteiger partial charge in [0.25, 0.3) is 0 Å². The van der Waals surface area contributed by atoms with Crippen molar-refractivity contribution in [1.82, 2.24) is 0 Å². The monoisotopic (exact) mass is 302 g/mol. The predicted octanol–water partition coefficient (Wildman–Crippen LogP) is 5.77. The number of thiophene rings is 1. The van der Waals surface area contributed by atoms with Crippen molar-refractivity contribution in [2.75, 3.05) is 0 Å². The first-order chi connectivity index (χ1) is 7.23. The highest BCUT2D eigenvalue weighted by molar-refractivity contribution is 9.09. The third-order valence-corrected chi connectivity index (χ3v) is 6.38. The molecule has 0 saturated carbocycles. The molecule has 0 bridgehead atoms. The summed E-state index contributed by atoms with van der Waals surface area (Å²) >= 11 is 5.79. The van der Waals surface area contributed by atoms with Gasteiger partial charge in [-0.3, -0.25) is 0 Å². The van der Waals surface area contributed by atoms with E-state index in [1.807, 2.05) is 11.3 Å². The molecule has 0 saturated heterocycles. The van der Waals surface area contributed by atoms with Crippen molar-refractivity contribution in [2.24, 2.45) is 11.8 Å². The van der Waals surface area contributed by atoms with Crippen molar-refractivity contribution in [3.8, 4) is 0 Å². The summed E-state index contributed by atoms with van der Waals surface area (Å²) in [5.41, 5.74) is 0.275. The molecule has 1 aromatic rings. The molecule has 92 valence electrons. The van der Waals surface area contributed by atoms with Gasteiger partial charge >= 0.3 is 0 Å². The molecule has 0 amide bonds. The normalized spacial score (nSPS) is 16.5. The van der Waals surface area contributed by atoms with E-state index in [-0.39, 0.29) is 5.41 Å². The van der Waals surface area contributed by atoms with Gasteiger partial charge in [0.05, 0.1) is 4.83 Å². The van der Waals surface area contributed by atoms with Crippen molar-refractivity contribution < 1.29 is 0 Å². The van der Waals surface area contributed by atoms with E-state index in [1.54, 1.807) is 0 Å². The summed E-state index contributed by atoms with van der Waals surface area (Å²) in [5.74, 6) is 1.39. The van der Waals surface area contributed by atoms with Crippen molar-refractivity contribution in [2.45, 2.75) is 51.8 Å². The van der Waals surface area contributed by atoms with Crippen LogP contribution in [0.15, 0.2) is 12.1 Å². The number of halogens is 1. The highest BCUT2D eigenvalue weighted by Gasteiger charge is 2.23. The van der Waals surface area contributed by atoms with Gasteiger partial charge in [0, 0.05) is 9.75 Å². The summed E-state index contributed by atoms with van der Waals surface area (Å²) in [7, 11) is 0. The smallest absolute Gasteiger partial charge is 0.0517 e. The summed E-state index contributed by atoms with van der Waals surface area (Å²) in [6.07, 6.45) is 0. The lowest BCUT2D eigenvalue weighted by Crippen LogP contribution is -2.09. The Morgan fingerprint density at radius 1 is 1.12 bits per heavy atom. The lowest BCUT2D eigenvalue weighted by atomic mass is 9.93. The Hall–Kier alpha value is 0.180. The number of rotatable bonds is 3. The first-order valence-electron chi connectivity index (χ1n) is 5.97. The highest BCUT2D eigenvalue weighted by Crippen LogP contribution is 2.41. The largest absolute Gasteiger partial charge is 0.144 e. The van der Waals surface area contributed by atoms with E-state index in [1.165, 1.54) is 9.75 Å². The second-order valence-electron chi connectivity index (χ2n) is 5.96. The standard InChI is InChI=1S/C14H23BrS/c1-9(2)10(3)13(15)11-7-8-12(16-11)14(4,5)6/h7-10,13H,1-6H3. The van der Waals surface area contributed by atoms with Crippen molar-refractivity contribution >= 4 is 27.3 Å². The molecule has 0 radical (unpaired) electrons. The van der Waals surface area contributed by atoms with Crippen LogP contribution < -0.4 is 0 Å². The van der Waals surface area contributed by atoms with Crippen LogP contribution in [0.25, 0.3) is 0 Å². The summed E-state index contributed by atoms with van der Waals surface area (Å²) in [5, 5.41) is 0. The van der Waals surface area contributed by atoms with Gasteiger partial charge in [0.15, 0.2) is 0 Å². The van der Waals surface area contributed by atoms with E-state index >= 15 is 0 Å². The minimum absolute atomic E-state index is 0.275. The van der Waals surface area contributed by atoms with Crippen LogP contribution in [0.2, 0.25) is 0 Å². The van der Waals surface area contributed by atoms with E-state index in [2.05, 4.69) is 69.6 Å². The number of hydrogen-bond acceptors (Lipinski definition) is 1. The fraction of sp³-hybridized carbons (Fsp3) is 0.714. The fourth-order valence-electron chi connectivity index (χ4n) is 1.50. The van der Waals surface area contributed by atoms with Gasteiger partial charge in [-0.1, -0.05) is 57.5 Å². The van der Waals surface area contributed by atoms with Gasteiger partial charge in [0.1, 0.15) is 0 Å². The van der Waals surface area contributed by atoms with Gasteiger partial charge in [-0.2, -0.15) is 0 Å². The van der Waals surface area contributed by atoms with Gasteiger partial charge < -0.3 is 0 Å². The predicted molar refractivity (Wildman–Crippen MR) is 78.7 cm³/mol. The minimum atomic E-state index is 0.275. The van der Waals surface area contributed by atoms with Gasteiger partial charge in [-0.25, -0.2) is 0 Å². The van der Waals surface area contributed by atoms with Crippen molar-refractivity contribution in [1.29, 1.82) is 0 Å².